The molecule has 0 bridgehead atoms. The average molecular weight is 280 g/mol. The van der Waals surface area contributed by atoms with E-state index in [0.717, 1.165) is 38.0 Å². The van der Waals surface area contributed by atoms with Crippen molar-refractivity contribution in [1.29, 1.82) is 0 Å². The van der Waals surface area contributed by atoms with Gasteiger partial charge in [-0.1, -0.05) is 12.1 Å². The second-order valence-corrected chi connectivity index (χ2v) is 6.16. The van der Waals surface area contributed by atoms with E-state index in [4.69, 9.17) is 0 Å². The van der Waals surface area contributed by atoms with Crippen LogP contribution in [0.5, 0.6) is 0 Å². The molecule has 3 nitrogen and oxygen atoms in total. The number of nitrogens with zero attached hydrogens (tertiary/aromatic N) is 1. The molecule has 1 aliphatic rings. The van der Waals surface area contributed by atoms with Crippen LogP contribution >= 0.6 is 0 Å². The minimum Gasteiger partial charge on any atom is -0.389 e. The SMILES string of the molecule is CNC(CCN1CCC(C)(O)C1)c1ccc(C)c(F)c1. The fraction of sp³-hybridized carbons (Fsp3) is 0.625. The lowest BCUT2D eigenvalue weighted by atomic mass is 10.0. The molecule has 20 heavy (non-hydrogen) atoms. The lowest BCUT2D eigenvalue weighted by Crippen LogP contribution is -2.31. The molecule has 2 N–H and O–H groups in total. The Morgan fingerprint density at radius 3 is 2.80 bits per heavy atom. The van der Waals surface area contributed by atoms with Gasteiger partial charge in [0, 0.05) is 25.7 Å². The van der Waals surface area contributed by atoms with Crippen LogP contribution in [0.25, 0.3) is 0 Å². The third-order valence-electron chi connectivity index (χ3n) is 4.21. The molecule has 0 spiro atoms. The van der Waals surface area contributed by atoms with Crippen molar-refractivity contribution in [3.05, 3.63) is 35.1 Å². The van der Waals surface area contributed by atoms with E-state index < -0.39 is 5.60 Å². The van der Waals surface area contributed by atoms with E-state index in [1.807, 2.05) is 26.1 Å². The smallest absolute Gasteiger partial charge is 0.126 e. The molecule has 1 heterocycles. The van der Waals surface area contributed by atoms with Gasteiger partial charge in [0.15, 0.2) is 0 Å². The van der Waals surface area contributed by atoms with Gasteiger partial charge in [0.05, 0.1) is 5.60 Å². The van der Waals surface area contributed by atoms with E-state index >= 15 is 0 Å². The van der Waals surface area contributed by atoms with Gasteiger partial charge in [-0.05, 0) is 50.9 Å². The predicted octanol–water partition coefficient (Wildman–Crippen LogP) is 2.24. The maximum Gasteiger partial charge on any atom is 0.126 e. The van der Waals surface area contributed by atoms with Crippen molar-refractivity contribution in [3.8, 4) is 0 Å². The van der Waals surface area contributed by atoms with Crippen LogP contribution in [0, 0.1) is 12.7 Å². The molecule has 4 heteroatoms. The summed E-state index contributed by atoms with van der Waals surface area (Å²) < 4.78 is 13.6. The van der Waals surface area contributed by atoms with Gasteiger partial charge in [0.2, 0.25) is 0 Å². The first-order chi connectivity index (χ1) is 9.41. The lowest BCUT2D eigenvalue weighted by Gasteiger charge is -2.22. The summed E-state index contributed by atoms with van der Waals surface area (Å²) in [5.74, 6) is -0.146. The summed E-state index contributed by atoms with van der Waals surface area (Å²) >= 11 is 0. The van der Waals surface area contributed by atoms with Crippen molar-refractivity contribution in [2.24, 2.45) is 0 Å². The van der Waals surface area contributed by atoms with Crippen molar-refractivity contribution in [3.63, 3.8) is 0 Å². The number of hydrogen-bond acceptors (Lipinski definition) is 3. The molecule has 2 rings (SSSR count). The van der Waals surface area contributed by atoms with E-state index in [2.05, 4.69) is 10.2 Å². The fourth-order valence-corrected chi connectivity index (χ4v) is 2.84. The Balaban J connectivity index is 1.94. The normalized spacial score (nSPS) is 25.1. The Bertz CT molecular complexity index is 462. The molecule has 2 atom stereocenters. The largest absolute Gasteiger partial charge is 0.389 e. The molecule has 0 aromatic heterocycles. The second kappa shape index (κ2) is 6.20. The molecule has 1 fully saturated rings. The van der Waals surface area contributed by atoms with Crippen molar-refractivity contribution in [1.82, 2.24) is 10.2 Å². The maximum atomic E-state index is 13.6. The highest BCUT2D eigenvalue weighted by atomic mass is 19.1. The zero-order chi connectivity index (χ0) is 14.8. The molecule has 0 radical (unpaired) electrons. The lowest BCUT2D eigenvalue weighted by molar-refractivity contribution is 0.0683. The number of aliphatic hydroxyl groups is 1. The van der Waals surface area contributed by atoms with Crippen LogP contribution in [0.3, 0.4) is 0 Å². The zero-order valence-electron chi connectivity index (χ0n) is 12.6. The van der Waals surface area contributed by atoms with Crippen LogP contribution in [-0.2, 0) is 0 Å². The minimum atomic E-state index is -0.550. The molecule has 2 unspecified atom stereocenters. The second-order valence-electron chi connectivity index (χ2n) is 6.16. The molecule has 112 valence electrons. The van der Waals surface area contributed by atoms with E-state index in [0.29, 0.717) is 5.56 Å². The molecular formula is C16H25FN2O. The highest BCUT2D eigenvalue weighted by molar-refractivity contribution is 5.25. The van der Waals surface area contributed by atoms with E-state index in [1.165, 1.54) is 0 Å². The number of nitrogens with one attached hydrogen (secondary N) is 1. The Morgan fingerprint density at radius 2 is 2.25 bits per heavy atom. The van der Waals surface area contributed by atoms with Gasteiger partial charge in [-0.2, -0.15) is 0 Å². The van der Waals surface area contributed by atoms with E-state index in [9.17, 15) is 9.50 Å². The van der Waals surface area contributed by atoms with Crippen molar-refractivity contribution in [2.75, 3.05) is 26.7 Å². The first kappa shape index (κ1) is 15.4. The summed E-state index contributed by atoms with van der Waals surface area (Å²) in [7, 11) is 1.91. The van der Waals surface area contributed by atoms with Crippen LogP contribution in [0.1, 0.15) is 36.9 Å². The first-order valence-corrected chi connectivity index (χ1v) is 7.29. The number of halogens is 1. The monoisotopic (exact) mass is 280 g/mol. The number of likely N-dealkylation sites (tertiary alicyclic amines) is 1. The number of aryl methyl sites for hydroxylation is 1. The van der Waals surface area contributed by atoms with Crippen LogP contribution in [0.15, 0.2) is 18.2 Å². The topological polar surface area (TPSA) is 35.5 Å². The van der Waals surface area contributed by atoms with Gasteiger partial charge in [0.25, 0.3) is 0 Å². The molecule has 0 amide bonds. The van der Waals surface area contributed by atoms with Crippen molar-refractivity contribution >= 4 is 0 Å². The van der Waals surface area contributed by atoms with Crippen LogP contribution in [-0.4, -0.2) is 42.3 Å². The van der Waals surface area contributed by atoms with E-state index in [1.54, 1.807) is 13.0 Å². The zero-order valence-corrected chi connectivity index (χ0v) is 12.6. The molecule has 1 aromatic carbocycles. The van der Waals surface area contributed by atoms with Gasteiger partial charge < -0.3 is 15.3 Å². The van der Waals surface area contributed by atoms with Gasteiger partial charge >= 0.3 is 0 Å². The highest BCUT2D eigenvalue weighted by Gasteiger charge is 2.31. The van der Waals surface area contributed by atoms with Gasteiger partial charge in [-0.25, -0.2) is 4.39 Å². The summed E-state index contributed by atoms with van der Waals surface area (Å²) in [6.07, 6.45) is 1.74. The summed E-state index contributed by atoms with van der Waals surface area (Å²) in [5, 5.41) is 13.2. The maximum absolute atomic E-state index is 13.6. The van der Waals surface area contributed by atoms with Gasteiger partial charge in [0.1, 0.15) is 5.82 Å². The standard InChI is InChI=1S/C16H25FN2O/c1-12-4-5-13(10-14(12)17)15(18-3)6-8-19-9-7-16(2,20)11-19/h4-5,10,15,18,20H,6-9,11H2,1-3H3. The van der Waals surface area contributed by atoms with Crippen LogP contribution < -0.4 is 5.32 Å². The molecule has 1 aromatic rings. The van der Waals surface area contributed by atoms with Gasteiger partial charge in [-0.15, -0.1) is 0 Å². The molecule has 1 aliphatic heterocycles. The summed E-state index contributed by atoms with van der Waals surface area (Å²) in [4.78, 5) is 2.27. The van der Waals surface area contributed by atoms with Crippen molar-refractivity contribution < 1.29 is 9.50 Å². The Hall–Kier alpha value is -0.970. The quantitative estimate of drug-likeness (QED) is 0.868. The van der Waals surface area contributed by atoms with Crippen molar-refractivity contribution in [2.45, 2.75) is 38.3 Å². The first-order valence-electron chi connectivity index (χ1n) is 7.29. The molecular weight excluding hydrogens is 255 g/mol. The Labute approximate surface area is 120 Å². The number of rotatable bonds is 5. The predicted molar refractivity (Wildman–Crippen MR) is 79.2 cm³/mol. The minimum absolute atomic E-state index is 0.146. The summed E-state index contributed by atoms with van der Waals surface area (Å²) in [6.45, 7) is 6.24. The Morgan fingerprint density at radius 1 is 1.50 bits per heavy atom. The van der Waals surface area contributed by atoms with E-state index in [-0.39, 0.29) is 11.9 Å². The molecule has 0 aliphatic carbocycles. The highest BCUT2D eigenvalue weighted by Crippen LogP contribution is 2.23. The number of benzene rings is 1. The third-order valence-corrected chi connectivity index (χ3v) is 4.21. The molecule has 0 saturated carbocycles. The summed E-state index contributed by atoms with van der Waals surface area (Å²) in [6, 6.07) is 5.59. The fourth-order valence-electron chi connectivity index (χ4n) is 2.84. The number of hydrogen-bond donors (Lipinski definition) is 2. The molecule has 1 saturated heterocycles. The van der Waals surface area contributed by atoms with Crippen LogP contribution in [0.4, 0.5) is 4.39 Å². The Kier molecular flexibility index (Phi) is 4.78. The summed E-state index contributed by atoms with van der Waals surface area (Å²) in [5.41, 5.74) is 1.12. The third kappa shape index (κ3) is 3.78. The van der Waals surface area contributed by atoms with Gasteiger partial charge in [-0.3, -0.25) is 0 Å². The average Bonchev–Trinajstić information content (AvgIpc) is 2.74. The number of β-amino-alcohol motifs (C(OH)–C–C–N with tert-alkyl or cyclic N) is 1. The van der Waals surface area contributed by atoms with Crippen LogP contribution in [0.2, 0.25) is 0 Å².